The molecule has 0 aromatic rings. The van der Waals surface area contributed by atoms with E-state index in [9.17, 15) is 26.4 Å². The van der Waals surface area contributed by atoms with Gasteiger partial charge in [0.15, 0.2) is 6.61 Å². The molecule has 11 heteroatoms. The summed E-state index contributed by atoms with van der Waals surface area (Å²) in [6, 6.07) is -1.29. The Morgan fingerprint density at radius 1 is 1.42 bits per heavy atom. The van der Waals surface area contributed by atoms with Gasteiger partial charge in [0, 0.05) is 6.54 Å². The van der Waals surface area contributed by atoms with Crippen LogP contribution in [-0.4, -0.2) is 49.2 Å². The van der Waals surface area contributed by atoms with Gasteiger partial charge in [0.05, 0.1) is 0 Å². The van der Waals surface area contributed by atoms with Gasteiger partial charge in [-0.2, -0.15) is 25.9 Å². The molecule has 0 saturated carbocycles. The van der Waals surface area contributed by atoms with E-state index in [2.05, 4.69) is 4.84 Å². The molecular formula is C8H13F3N2O5S. The lowest BCUT2D eigenvalue weighted by Crippen LogP contribution is -2.52. The van der Waals surface area contributed by atoms with Gasteiger partial charge < -0.3 is 5.11 Å². The van der Waals surface area contributed by atoms with Crippen molar-refractivity contribution in [1.29, 1.82) is 0 Å². The van der Waals surface area contributed by atoms with Crippen molar-refractivity contribution in [1.82, 2.24) is 9.19 Å². The number of nitrogens with one attached hydrogen (secondary N) is 1. The molecule has 0 spiro atoms. The maximum absolute atomic E-state index is 11.8. The molecule has 1 aliphatic rings. The number of carboxylic acid groups (broad SMARTS) is 1. The first-order valence-corrected chi connectivity index (χ1v) is 6.77. The third-order valence-corrected chi connectivity index (χ3v) is 3.83. The molecule has 7 nitrogen and oxygen atoms in total. The van der Waals surface area contributed by atoms with Gasteiger partial charge in [0.1, 0.15) is 6.04 Å². The average Bonchev–Trinajstić information content (AvgIpc) is 2.27. The lowest BCUT2D eigenvalue weighted by molar-refractivity contribution is -0.181. The van der Waals surface area contributed by atoms with E-state index in [0.717, 1.165) is 0 Å². The van der Waals surface area contributed by atoms with E-state index < -0.39 is 35.0 Å². The standard InChI is InChI=1S/C8H13F3N2O5S/c9-8(10,11)5-18-12-19(16,17)13-4-2-1-3-6(13)7(14)15/h6,12H,1-5H2,(H,14,15). The van der Waals surface area contributed by atoms with Crippen LogP contribution in [0.4, 0.5) is 13.2 Å². The maximum atomic E-state index is 11.8. The molecular weight excluding hydrogens is 293 g/mol. The van der Waals surface area contributed by atoms with Gasteiger partial charge in [-0.05, 0) is 19.3 Å². The fourth-order valence-electron chi connectivity index (χ4n) is 1.67. The molecule has 0 aromatic heterocycles. The van der Waals surface area contributed by atoms with Crippen LogP contribution in [0, 0.1) is 0 Å². The molecule has 19 heavy (non-hydrogen) atoms. The fraction of sp³-hybridized carbons (Fsp3) is 0.875. The van der Waals surface area contributed by atoms with Crippen LogP contribution < -0.4 is 4.89 Å². The summed E-state index contributed by atoms with van der Waals surface area (Å²) in [5.74, 6) is -1.35. The molecule has 0 bridgehead atoms. The van der Waals surface area contributed by atoms with E-state index in [1.54, 1.807) is 0 Å². The first-order chi connectivity index (χ1) is 8.63. The van der Waals surface area contributed by atoms with Gasteiger partial charge in [0.25, 0.3) is 0 Å². The van der Waals surface area contributed by atoms with Crippen molar-refractivity contribution in [2.24, 2.45) is 0 Å². The Kier molecular flexibility index (Phi) is 5.12. The molecule has 1 atom stereocenters. The van der Waals surface area contributed by atoms with Crippen molar-refractivity contribution in [2.75, 3.05) is 13.2 Å². The number of alkyl halides is 3. The summed E-state index contributed by atoms with van der Waals surface area (Å²) in [4.78, 5) is 16.0. The van der Waals surface area contributed by atoms with Crippen molar-refractivity contribution in [2.45, 2.75) is 31.5 Å². The largest absolute Gasteiger partial charge is 0.480 e. The Bertz CT molecular complexity index is 425. The van der Waals surface area contributed by atoms with E-state index in [1.165, 1.54) is 4.89 Å². The number of halogens is 3. The Hall–Kier alpha value is -0.910. The molecule has 0 aromatic carbocycles. The van der Waals surface area contributed by atoms with Gasteiger partial charge in [-0.3, -0.25) is 9.63 Å². The molecule has 0 amide bonds. The van der Waals surface area contributed by atoms with Crippen LogP contribution in [0.25, 0.3) is 0 Å². The molecule has 112 valence electrons. The van der Waals surface area contributed by atoms with Crippen LogP contribution in [0.1, 0.15) is 19.3 Å². The van der Waals surface area contributed by atoms with E-state index in [0.29, 0.717) is 17.1 Å². The molecule has 1 fully saturated rings. The van der Waals surface area contributed by atoms with Crippen molar-refractivity contribution >= 4 is 16.2 Å². The van der Waals surface area contributed by atoms with Crippen LogP contribution in [0.5, 0.6) is 0 Å². The fourth-order valence-corrected chi connectivity index (χ4v) is 2.88. The van der Waals surface area contributed by atoms with Crippen LogP contribution >= 0.6 is 0 Å². The lowest BCUT2D eigenvalue weighted by Gasteiger charge is -2.31. The average molecular weight is 306 g/mol. The summed E-state index contributed by atoms with van der Waals surface area (Å²) in [6.07, 6.45) is -3.61. The summed E-state index contributed by atoms with van der Waals surface area (Å²) in [5.41, 5.74) is 0. The van der Waals surface area contributed by atoms with Crippen molar-refractivity contribution in [3.8, 4) is 0 Å². The third-order valence-electron chi connectivity index (χ3n) is 2.45. The highest BCUT2D eigenvalue weighted by Gasteiger charge is 2.37. The van der Waals surface area contributed by atoms with E-state index >= 15 is 0 Å². The maximum Gasteiger partial charge on any atom is 0.413 e. The first kappa shape index (κ1) is 16.1. The van der Waals surface area contributed by atoms with Crippen LogP contribution in [0.3, 0.4) is 0 Å². The van der Waals surface area contributed by atoms with Gasteiger partial charge in [-0.15, -0.1) is 0 Å². The quantitative estimate of drug-likeness (QED) is 0.710. The highest BCUT2D eigenvalue weighted by Crippen LogP contribution is 2.20. The first-order valence-electron chi connectivity index (χ1n) is 5.33. The minimum atomic E-state index is -4.68. The Balaban J connectivity index is 2.66. The molecule has 1 heterocycles. The predicted octanol–water partition coefficient (Wildman–Crippen LogP) is 0.254. The summed E-state index contributed by atoms with van der Waals surface area (Å²) in [6.45, 7) is -1.88. The number of nitrogens with zero attached hydrogens (tertiary/aromatic N) is 1. The van der Waals surface area contributed by atoms with Gasteiger partial charge in [-0.1, -0.05) is 4.89 Å². The molecule has 0 aliphatic carbocycles. The topological polar surface area (TPSA) is 95.9 Å². The molecule has 1 saturated heterocycles. The van der Waals surface area contributed by atoms with Gasteiger partial charge >= 0.3 is 22.4 Å². The summed E-state index contributed by atoms with van der Waals surface area (Å²) in [5, 5.41) is 8.87. The SMILES string of the molecule is O=C(O)C1CCCCN1S(=O)(=O)NOCC(F)(F)F. The Morgan fingerprint density at radius 3 is 2.58 bits per heavy atom. The summed E-state index contributed by atoms with van der Waals surface area (Å²) >= 11 is 0. The minimum absolute atomic E-state index is 0.0817. The summed E-state index contributed by atoms with van der Waals surface area (Å²) in [7, 11) is -4.42. The number of rotatable bonds is 5. The molecule has 1 aliphatic heterocycles. The molecule has 0 radical (unpaired) electrons. The van der Waals surface area contributed by atoms with E-state index in [4.69, 9.17) is 5.11 Å². The van der Waals surface area contributed by atoms with Crippen LogP contribution in [0.2, 0.25) is 0 Å². The number of carbonyl (C=O) groups is 1. The second-order valence-corrected chi connectivity index (χ2v) is 5.54. The monoisotopic (exact) mass is 306 g/mol. The molecule has 2 N–H and O–H groups in total. The lowest BCUT2D eigenvalue weighted by atomic mass is 10.1. The zero-order valence-corrected chi connectivity index (χ0v) is 10.5. The number of hydrogen-bond donors (Lipinski definition) is 2. The van der Waals surface area contributed by atoms with E-state index in [1.807, 2.05) is 0 Å². The van der Waals surface area contributed by atoms with Crippen LogP contribution in [0.15, 0.2) is 0 Å². The molecule has 1 rings (SSSR count). The second kappa shape index (κ2) is 6.03. The van der Waals surface area contributed by atoms with Crippen LogP contribution in [-0.2, 0) is 19.8 Å². The number of hydrogen-bond acceptors (Lipinski definition) is 4. The minimum Gasteiger partial charge on any atom is -0.480 e. The number of piperidine rings is 1. The van der Waals surface area contributed by atoms with Crippen molar-refractivity contribution in [3.05, 3.63) is 0 Å². The Morgan fingerprint density at radius 2 is 2.05 bits per heavy atom. The number of carboxylic acids is 1. The normalized spacial score (nSPS) is 22.4. The number of aliphatic carboxylic acids is 1. The second-order valence-electron chi connectivity index (χ2n) is 3.95. The Labute approximate surface area is 107 Å². The smallest absolute Gasteiger partial charge is 0.413 e. The van der Waals surface area contributed by atoms with Gasteiger partial charge in [-0.25, -0.2) is 0 Å². The zero-order chi connectivity index (χ0) is 14.7. The van der Waals surface area contributed by atoms with Gasteiger partial charge in [0.2, 0.25) is 0 Å². The highest BCUT2D eigenvalue weighted by molar-refractivity contribution is 7.87. The van der Waals surface area contributed by atoms with E-state index in [-0.39, 0.29) is 13.0 Å². The highest BCUT2D eigenvalue weighted by atomic mass is 32.2. The van der Waals surface area contributed by atoms with Crippen molar-refractivity contribution in [3.63, 3.8) is 0 Å². The molecule has 1 unspecified atom stereocenters. The van der Waals surface area contributed by atoms with Crippen molar-refractivity contribution < 1.29 is 36.3 Å². The summed E-state index contributed by atoms with van der Waals surface area (Å²) < 4.78 is 59.3. The predicted molar refractivity (Wildman–Crippen MR) is 56.0 cm³/mol. The third kappa shape index (κ3) is 4.93. The zero-order valence-electron chi connectivity index (χ0n) is 9.68.